The van der Waals surface area contributed by atoms with Gasteiger partial charge in [-0.2, -0.15) is 0 Å². The number of nitrogens with one attached hydrogen (secondary N) is 2. The molecule has 0 bridgehead atoms. The summed E-state index contributed by atoms with van der Waals surface area (Å²) < 4.78 is 18.7. The fraction of sp³-hybridized carbons (Fsp3) is 0.565. The number of aliphatic hydroxyl groups is 3. The second-order valence-corrected chi connectivity index (χ2v) is 9.34. The van der Waals surface area contributed by atoms with E-state index in [0.29, 0.717) is 18.0 Å². The number of rotatable bonds is 10. The fourth-order valence-electron chi connectivity index (χ4n) is 4.39. The molecular weight excluding hydrogens is 496 g/mol. The van der Waals surface area contributed by atoms with Crippen LogP contribution in [0.15, 0.2) is 46.1 Å². The highest BCUT2D eigenvalue weighted by Crippen LogP contribution is 2.32. The summed E-state index contributed by atoms with van der Waals surface area (Å²) in [6, 6.07) is 8.64. The van der Waals surface area contributed by atoms with Gasteiger partial charge >= 0.3 is 5.69 Å². The summed E-state index contributed by atoms with van der Waals surface area (Å²) in [6.45, 7) is 0.841. The van der Waals surface area contributed by atoms with Gasteiger partial charge in [-0.3, -0.25) is 14.3 Å². The van der Waals surface area contributed by atoms with E-state index < -0.39 is 60.4 Å². The van der Waals surface area contributed by atoms with Crippen LogP contribution in [0.5, 0.6) is 0 Å². The van der Waals surface area contributed by atoms with Crippen LogP contribution in [0.2, 0.25) is 5.02 Å². The first-order valence-electron chi connectivity index (χ1n) is 11.7. The van der Waals surface area contributed by atoms with Crippen LogP contribution in [0.3, 0.4) is 0 Å². The largest absolute Gasteiger partial charge is 0.388 e. The molecule has 2 aromatic rings. The molecule has 0 saturated carbocycles. The van der Waals surface area contributed by atoms with Crippen LogP contribution in [-0.2, 0) is 20.6 Å². The Labute approximate surface area is 211 Å². The number of ether oxygens (including phenoxy) is 3. The fourth-order valence-corrected chi connectivity index (χ4v) is 4.51. The first-order chi connectivity index (χ1) is 17.3. The molecule has 0 radical (unpaired) electrons. The van der Waals surface area contributed by atoms with Gasteiger partial charge in [-0.05, 0) is 30.7 Å². The van der Waals surface area contributed by atoms with Gasteiger partial charge < -0.3 is 40.6 Å². The molecule has 0 amide bonds. The Balaban J connectivity index is 1.44. The maximum absolute atomic E-state index is 12.2. The van der Waals surface area contributed by atoms with Crippen LogP contribution in [0.25, 0.3) is 0 Å². The molecule has 13 heteroatoms. The lowest BCUT2D eigenvalue weighted by molar-refractivity contribution is -0.213. The van der Waals surface area contributed by atoms with E-state index in [2.05, 4.69) is 10.3 Å². The van der Waals surface area contributed by atoms with Gasteiger partial charge in [0.1, 0.15) is 24.4 Å². The van der Waals surface area contributed by atoms with Crippen molar-refractivity contribution >= 4 is 11.6 Å². The average Bonchev–Trinajstić information content (AvgIpc) is 3.36. The molecule has 4 rings (SSSR count). The third-order valence-corrected chi connectivity index (χ3v) is 6.62. The number of halogens is 1. The number of benzene rings is 1. The number of aromatic nitrogens is 2. The number of nitrogens with two attached hydrogens (primary N) is 1. The van der Waals surface area contributed by atoms with Gasteiger partial charge in [0.25, 0.3) is 5.56 Å². The highest BCUT2D eigenvalue weighted by atomic mass is 35.5. The van der Waals surface area contributed by atoms with Crippen molar-refractivity contribution in [2.75, 3.05) is 19.6 Å². The Hall–Kier alpha value is -2.13. The zero-order valence-corrected chi connectivity index (χ0v) is 20.2. The van der Waals surface area contributed by atoms with Crippen molar-refractivity contribution < 1.29 is 29.5 Å². The number of nitrogens with zero attached hydrogens (tertiary/aromatic N) is 1. The van der Waals surface area contributed by atoms with Gasteiger partial charge in [0.05, 0.1) is 12.2 Å². The molecule has 2 aliphatic rings. The minimum absolute atomic E-state index is 0.00204. The van der Waals surface area contributed by atoms with Gasteiger partial charge in [-0.1, -0.05) is 23.7 Å². The molecule has 7 N–H and O–H groups in total. The van der Waals surface area contributed by atoms with Crippen molar-refractivity contribution in [2.45, 2.75) is 62.0 Å². The normalized spacial score (nSPS) is 31.1. The summed E-state index contributed by atoms with van der Waals surface area (Å²) in [5.41, 5.74) is 5.41. The molecule has 2 aliphatic heterocycles. The van der Waals surface area contributed by atoms with Crippen LogP contribution in [0.4, 0.5) is 0 Å². The van der Waals surface area contributed by atoms with Gasteiger partial charge in [-0.15, -0.1) is 0 Å². The number of aromatic amines is 1. The van der Waals surface area contributed by atoms with Crippen molar-refractivity contribution in [3.8, 4) is 0 Å². The highest BCUT2D eigenvalue weighted by Gasteiger charge is 2.46. The molecule has 36 heavy (non-hydrogen) atoms. The third-order valence-electron chi connectivity index (χ3n) is 6.37. The van der Waals surface area contributed by atoms with Gasteiger partial charge in [0.15, 0.2) is 12.5 Å². The molecule has 1 aromatic carbocycles. The van der Waals surface area contributed by atoms with Crippen LogP contribution < -0.4 is 22.3 Å². The zero-order chi connectivity index (χ0) is 25.8. The second kappa shape index (κ2) is 11.9. The summed E-state index contributed by atoms with van der Waals surface area (Å²) in [6.07, 6.45) is -5.92. The minimum atomic E-state index is -1.32. The number of hydrogen-bond donors (Lipinski definition) is 6. The predicted octanol–water partition coefficient (Wildman–Crippen LogP) is -1.54. The summed E-state index contributed by atoms with van der Waals surface area (Å²) in [7, 11) is 0. The molecular formula is C23H31ClN4O8. The number of hydrogen-bond acceptors (Lipinski definition) is 10. The third kappa shape index (κ3) is 6.22. The molecule has 0 aliphatic carbocycles. The Morgan fingerprint density at radius 2 is 1.92 bits per heavy atom. The van der Waals surface area contributed by atoms with Gasteiger partial charge in [0.2, 0.25) is 0 Å². The van der Waals surface area contributed by atoms with Crippen LogP contribution in [-0.4, -0.2) is 87.4 Å². The second-order valence-electron chi connectivity index (χ2n) is 8.90. The molecule has 0 unspecified atom stereocenters. The topological polar surface area (TPSA) is 181 Å². The molecule has 2 saturated heterocycles. The summed E-state index contributed by atoms with van der Waals surface area (Å²) in [5, 5.41) is 35.1. The maximum Gasteiger partial charge on any atom is 0.330 e. The molecule has 8 atom stereocenters. The van der Waals surface area contributed by atoms with Crippen molar-refractivity contribution in [1.29, 1.82) is 0 Å². The maximum atomic E-state index is 12.2. The van der Waals surface area contributed by atoms with Crippen molar-refractivity contribution in [1.82, 2.24) is 14.9 Å². The van der Waals surface area contributed by atoms with Crippen molar-refractivity contribution in [3.05, 3.63) is 68.0 Å². The van der Waals surface area contributed by atoms with Gasteiger partial charge in [-0.25, -0.2) is 4.79 Å². The first-order valence-corrected chi connectivity index (χ1v) is 12.1. The molecule has 12 nitrogen and oxygen atoms in total. The number of aliphatic hydroxyl groups excluding tert-OH is 3. The Morgan fingerprint density at radius 3 is 2.58 bits per heavy atom. The summed E-state index contributed by atoms with van der Waals surface area (Å²) in [4.78, 5) is 25.8. The van der Waals surface area contributed by atoms with E-state index in [1.807, 2.05) is 24.3 Å². The van der Waals surface area contributed by atoms with E-state index in [4.69, 9.17) is 31.5 Å². The Bertz CT molecular complexity index is 1110. The Kier molecular flexibility index (Phi) is 8.93. The average molecular weight is 527 g/mol. The van der Waals surface area contributed by atoms with Crippen molar-refractivity contribution in [3.63, 3.8) is 0 Å². The lowest BCUT2D eigenvalue weighted by Gasteiger charge is -2.28. The Morgan fingerprint density at radius 1 is 1.17 bits per heavy atom. The van der Waals surface area contributed by atoms with Crippen molar-refractivity contribution in [2.24, 2.45) is 5.73 Å². The minimum Gasteiger partial charge on any atom is -0.388 e. The van der Waals surface area contributed by atoms with Crippen LogP contribution in [0, 0.1) is 0 Å². The summed E-state index contributed by atoms with van der Waals surface area (Å²) >= 11 is 5.93. The molecule has 3 heterocycles. The van der Waals surface area contributed by atoms with Crippen LogP contribution in [0.1, 0.15) is 18.2 Å². The number of H-pyrrole nitrogens is 1. The first kappa shape index (κ1) is 26.9. The van der Waals surface area contributed by atoms with E-state index in [1.165, 1.54) is 6.20 Å². The SMILES string of the molecule is NC[C@H]1O[C@@H](O[C@@H](CNCCc2ccc(Cl)cc2)[C@@H]2C[C@@H](O)[C@H](n3ccc(=O)[nH]c3=O)O2)[C@H](O)[C@@H]1O. The molecule has 198 valence electrons. The predicted molar refractivity (Wildman–Crippen MR) is 128 cm³/mol. The van der Waals surface area contributed by atoms with E-state index in [0.717, 1.165) is 16.2 Å². The highest BCUT2D eigenvalue weighted by molar-refractivity contribution is 6.30. The standard InChI is InChI=1S/C23H31ClN4O8/c24-13-3-1-12(2-4-13)5-7-26-11-17(36-22-20(32)19(31)16(10-25)35-22)15-9-14(29)21(34-15)28-8-6-18(30)27-23(28)33/h1-4,6,8,14-17,19-22,26,29,31-32H,5,7,9-11,25H2,(H,27,30,33)/t14-,15+,16-,17+,19-,20-,21-,22+/m1/s1. The quantitative estimate of drug-likeness (QED) is 0.198. The van der Waals surface area contributed by atoms with E-state index in [-0.39, 0.29) is 19.5 Å². The lowest BCUT2D eigenvalue weighted by atomic mass is 10.1. The molecule has 1 aromatic heterocycles. The van der Waals surface area contributed by atoms with E-state index >= 15 is 0 Å². The molecule has 0 spiro atoms. The molecule has 2 fully saturated rings. The van der Waals surface area contributed by atoms with E-state index in [9.17, 15) is 24.9 Å². The monoisotopic (exact) mass is 526 g/mol. The lowest BCUT2D eigenvalue weighted by Crippen LogP contribution is -2.44. The summed E-state index contributed by atoms with van der Waals surface area (Å²) in [5.74, 6) is 0. The van der Waals surface area contributed by atoms with E-state index in [1.54, 1.807) is 0 Å². The van der Waals surface area contributed by atoms with Crippen LogP contribution >= 0.6 is 11.6 Å². The van der Waals surface area contributed by atoms with Gasteiger partial charge in [0, 0.05) is 36.8 Å². The zero-order valence-electron chi connectivity index (χ0n) is 19.4. The smallest absolute Gasteiger partial charge is 0.330 e.